The first-order valence-corrected chi connectivity index (χ1v) is 9.67. The Hall–Kier alpha value is -4.11. The van der Waals surface area contributed by atoms with Gasteiger partial charge in [0.1, 0.15) is 0 Å². The molecule has 3 aliphatic carbocycles. The van der Waals surface area contributed by atoms with Gasteiger partial charge in [-0.15, -0.1) is 0 Å². The molecule has 3 nitrogen and oxygen atoms in total. The monoisotopic (exact) mass is 388 g/mol. The zero-order valence-corrected chi connectivity index (χ0v) is 16.0. The normalized spacial score (nSPS) is 15.1. The number of hydrogen-bond acceptors (Lipinski definition) is 3. The number of carbonyl (C=O) groups excluding carboxylic acids is 3. The summed E-state index contributed by atoms with van der Waals surface area (Å²) in [5, 5.41) is 0. The maximum Gasteiger partial charge on any atom is 0.194 e. The van der Waals surface area contributed by atoms with Crippen molar-refractivity contribution in [3.05, 3.63) is 130 Å². The van der Waals surface area contributed by atoms with Crippen molar-refractivity contribution in [3.63, 3.8) is 0 Å². The van der Waals surface area contributed by atoms with Crippen LogP contribution in [0.3, 0.4) is 0 Å². The summed E-state index contributed by atoms with van der Waals surface area (Å²) >= 11 is 0. The molecule has 0 aromatic heterocycles. The Bertz CT molecular complexity index is 1230. The van der Waals surface area contributed by atoms with Crippen LogP contribution in [0.1, 0.15) is 43.0 Å². The molecule has 3 aliphatic rings. The summed E-state index contributed by atoms with van der Waals surface area (Å²) in [6.45, 7) is 0. The average molecular weight is 388 g/mol. The van der Waals surface area contributed by atoms with Crippen LogP contribution in [0.2, 0.25) is 0 Å². The predicted molar refractivity (Wildman–Crippen MR) is 116 cm³/mol. The van der Waals surface area contributed by atoms with Crippen LogP contribution in [0.15, 0.2) is 96.6 Å². The molecule has 0 radical (unpaired) electrons. The van der Waals surface area contributed by atoms with Crippen LogP contribution in [0.25, 0.3) is 11.6 Å². The molecular formula is C27H16O3. The van der Waals surface area contributed by atoms with Crippen molar-refractivity contribution >= 4 is 29.0 Å². The minimum Gasteiger partial charge on any atom is -0.289 e. The van der Waals surface area contributed by atoms with Gasteiger partial charge in [-0.3, -0.25) is 14.4 Å². The van der Waals surface area contributed by atoms with E-state index in [-0.39, 0.29) is 17.3 Å². The Morgan fingerprint density at radius 2 is 0.967 bits per heavy atom. The number of carbonyl (C=O) groups is 3. The van der Waals surface area contributed by atoms with E-state index >= 15 is 0 Å². The number of hydrogen-bond donors (Lipinski definition) is 0. The van der Waals surface area contributed by atoms with Crippen molar-refractivity contribution in [2.75, 3.05) is 0 Å². The lowest BCUT2D eigenvalue weighted by Gasteiger charge is -2.16. The molecule has 0 N–H and O–H groups in total. The van der Waals surface area contributed by atoms with Crippen LogP contribution in [0, 0.1) is 0 Å². The average Bonchev–Trinajstić information content (AvgIpc) is 3.18. The Morgan fingerprint density at radius 3 is 1.50 bits per heavy atom. The van der Waals surface area contributed by atoms with E-state index in [2.05, 4.69) is 6.07 Å². The van der Waals surface area contributed by atoms with Crippen LogP contribution >= 0.6 is 0 Å². The van der Waals surface area contributed by atoms with Crippen LogP contribution in [-0.4, -0.2) is 17.3 Å². The highest BCUT2D eigenvalue weighted by Gasteiger charge is 2.28. The van der Waals surface area contributed by atoms with Gasteiger partial charge in [0.2, 0.25) is 0 Å². The minimum absolute atomic E-state index is 0.0641. The maximum absolute atomic E-state index is 12.1. The second-order valence-electron chi connectivity index (χ2n) is 7.20. The highest BCUT2D eigenvalue weighted by Crippen LogP contribution is 2.37. The van der Waals surface area contributed by atoms with E-state index in [1.807, 2.05) is 36.4 Å². The fourth-order valence-electron chi connectivity index (χ4n) is 4.00. The summed E-state index contributed by atoms with van der Waals surface area (Å²) < 4.78 is 0. The van der Waals surface area contributed by atoms with E-state index in [1.165, 1.54) is 5.56 Å². The molecule has 0 unspecified atom stereocenters. The third-order valence-electron chi connectivity index (χ3n) is 5.45. The molecule has 3 aromatic carbocycles. The third-order valence-corrected chi connectivity index (χ3v) is 5.45. The van der Waals surface area contributed by atoms with Gasteiger partial charge in [-0.25, -0.2) is 0 Å². The molecule has 3 aromatic rings. The topological polar surface area (TPSA) is 51.2 Å². The van der Waals surface area contributed by atoms with Crippen molar-refractivity contribution in [1.29, 1.82) is 0 Å². The SMILES string of the molecule is O=C1C=CC=C2C1=Cc1ccccc12.O=C1c2ccccc2C(=O)c2ccccc21. The van der Waals surface area contributed by atoms with Gasteiger partial charge in [0.15, 0.2) is 17.3 Å². The number of allylic oxidation sites excluding steroid dienone is 5. The van der Waals surface area contributed by atoms with Crippen molar-refractivity contribution in [2.24, 2.45) is 0 Å². The molecule has 0 bridgehead atoms. The molecule has 0 aliphatic heterocycles. The summed E-state index contributed by atoms with van der Waals surface area (Å²) in [6, 6.07) is 22.0. The predicted octanol–water partition coefficient (Wildman–Crippen LogP) is 5.07. The van der Waals surface area contributed by atoms with Crippen LogP contribution < -0.4 is 0 Å². The summed E-state index contributed by atoms with van der Waals surface area (Å²) in [5.74, 6) is -0.0182. The fourth-order valence-corrected chi connectivity index (χ4v) is 4.00. The lowest BCUT2D eigenvalue weighted by Crippen LogP contribution is -2.20. The zero-order chi connectivity index (χ0) is 20.7. The Kier molecular flexibility index (Phi) is 4.22. The van der Waals surface area contributed by atoms with Crippen molar-refractivity contribution in [3.8, 4) is 0 Å². The molecular weight excluding hydrogens is 372 g/mol. The summed E-state index contributed by atoms with van der Waals surface area (Å²) in [4.78, 5) is 35.8. The van der Waals surface area contributed by atoms with E-state index in [0.29, 0.717) is 22.3 Å². The molecule has 3 heteroatoms. The van der Waals surface area contributed by atoms with Gasteiger partial charge in [-0.1, -0.05) is 84.9 Å². The second-order valence-corrected chi connectivity index (χ2v) is 7.20. The van der Waals surface area contributed by atoms with Gasteiger partial charge in [0.05, 0.1) is 0 Å². The minimum atomic E-state index is -0.0641. The molecule has 0 saturated carbocycles. The molecule has 0 saturated heterocycles. The lowest BCUT2D eigenvalue weighted by atomic mass is 9.84. The largest absolute Gasteiger partial charge is 0.289 e. The molecule has 30 heavy (non-hydrogen) atoms. The van der Waals surface area contributed by atoms with Crippen LogP contribution in [-0.2, 0) is 4.79 Å². The van der Waals surface area contributed by atoms with E-state index in [1.54, 1.807) is 54.6 Å². The van der Waals surface area contributed by atoms with Crippen molar-refractivity contribution < 1.29 is 14.4 Å². The molecule has 6 rings (SSSR count). The van der Waals surface area contributed by atoms with Gasteiger partial charge in [0, 0.05) is 27.8 Å². The smallest absolute Gasteiger partial charge is 0.194 e. The Labute approximate surface area is 173 Å². The molecule has 0 spiro atoms. The first-order chi connectivity index (χ1) is 14.6. The standard InChI is InChI=1S/C14H8O2.C13H8O/c15-13-9-5-1-2-6-10(9)14(16)12-8-4-3-7-11(12)13;14-13-7-3-6-11-10-5-2-1-4-9(10)8-12(11)13/h1-8H;1-8H. The first-order valence-electron chi connectivity index (χ1n) is 9.67. The summed E-state index contributed by atoms with van der Waals surface area (Å²) in [7, 11) is 0. The molecule has 0 heterocycles. The third kappa shape index (κ3) is 2.80. The van der Waals surface area contributed by atoms with E-state index in [4.69, 9.17) is 0 Å². The highest BCUT2D eigenvalue weighted by atomic mass is 16.1. The van der Waals surface area contributed by atoms with Gasteiger partial charge in [0.25, 0.3) is 0 Å². The maximum atomic E-state index is 12.1. The van der Waals surface area contributed by atoms with E-state index in [0.717, 1.165) is 16.7 Å². The molecule has 0 atom stereocenters. The number of ketones is 3. The zero-order valence-electron chi connectivity index (χ0n) is 16.0. The Balaban J connectivity index is 0.000000130. The number of rotatable bonds is 0. The van der Waals surface area contributed by atoms with Gasteiger partial charge in [-0.2, -0.15) is 0 Å². The highest BCUT2D eigenvalue weighted by molar-refractivity contribution is 6.28. The number of benzene rings is 3. The Morgan fingerprint density at radius 1 is 0.500 bits per heavy atom. The van der Waals surface area contributed by atoms with E-state index in [9.17, 15) is 14.4 Å². The quantitative estimate of drug-likeness (QED) is 0.423. The first kappa shape index (κ1) is 18.0. The van der Waals surface area contributed by atoms with Gasteiger partial charge >= 0.3 is 0 Å². The van der Waals surface area contributed by atoms with Gasteiger partial charge in [-0.05, 0) is 28.9 Å². The summed E-state index contributed by atoms with van der Waals surface area (Å²) in [6.07, 6.45) is 7.39. The van der Waals surface area contributed by atoms with E-state index < -0.39 is 0 Å². The fraction of sp³-hybridized carbons (Fsp3) is 0. The van der Waals surface area contributed by atoms with Crippen LogP contribution in [0.4, 0.5) is 0 Å². The second kappa shape index (κ2) is 7.05. The van der Waals surface area contributed by atoms with Crippen molar-refractivity contribution in [1.82, 2.24) is 0 Å². The summed E-state index contributed by atoms with van der Waals surface area (Å²) in [5.41, 5.74) is 6.22. The van der Waals surface area contributed by atoms with Gasteiger partial charge < -0.3 is 0 Å². The van der Waals surface area contributed by atoms with Crippen LogP contribution in [0.5, 0.6) is 0 Å². The number of fused-ring (bicyclic) bond motifs is 5. The molecule has 142 valence electrons. The molecule has 0 fully saturated rings. The lowest BCUT2D eigenvalue weighted by molar-refractivity contribution is -0.110. The molecule has 0 amide bonds. The van der Waals surface area contributed by atoms with Crippen molar-refractivity contribution in [2.45, 2.75) is 0 Å².